The number of ketones is 1. The van der Waals surface area contributed by atoms with Crippen LogP contribution in [0.25, 0.3) is 0 Å². The summed E-state index contributed by atoms with van der Waals surface area (Å²) in [4.78, 5) is 13.5. The third kappa shape index (κ3) is 4.54. The number of carbonyl (C=O) groups excluding carboxylic acids is 1. The van der Waals surface area contributed by atoms with Crippen LogP contribution in [0.2, 0.25) is 0 Å². The Labute approximate surface area is 159 Å². The van der Waals surface area contributed by atoms with Crippen molar-refractivity contribution < 1.29 is 17.6 Å². The average molecular weight is 390 g/mol. The highest BCUT2D eigenvalue weighted by atomic mass is 32.2. The summed E-state index contributed by atoms with van der Waals surface area (Å²) in [6, 6.07) is 10.6. The van der Waals surface area contributed by atoms with Gasteiger partial charge in [0.05, 0.1) is 10.6 Å². The predicted octanol–water partition coefficient (Wildman–Crippen LogP) is 3.28. The number of carbonyl (C=O) groups is 1. The fraction of sp³-hybridized carbons (Fsp3) is 0.350. The van der Waals surface area contributed by atoms with Crippen LogP contribution in [0.15, 0.2) is 47.4 Å². The summed E-state index contributed by atoms with van der Waals surface area (Å²) in [5.74, 6) is -0.496. The molecule has 144 valence electrons. The van der Waals surface area contributed by atoms with Crippen molar-refractivity contribution in [3.63, 3.8) is 0 Å². The summed E-state index contributed by atoms with van der Waals surface area (Å²) < 4.78 is 42.3. The molecule has 7 heteroatoms. The number of nitrogens with zero attached hydrogens (tertiary/aromatic N) is 1. The lowest BCUT2D eigenvalue weighted by Crippen LogP contribution is -2.48. The summed E-state index contributed by atoms with van der Waals surface area (Å²) in [5.41, 5.74) is 1.80. The van der Waals surface area contributed by atoms with Gasteiger partial charge in [-0.1, -0.05) is 18.2 Å². The van der Waals surface area contributed by atoms with Crippen LogP contribution >= 0.6 is 0 Å². The van der Waals surface area contributed by atoms with Crippen LogP contribution in [-0.2, 0) is 10.0 Å². The first-order valence-corrected chi connectivity index (χ1v) is 10.4. The Hall–Kier alpha value is -2.25. The molecule has 0 saturated carbocycles. The van der Waals surface area contributed by atoms with E-state index in [1.54, 1.807) is 24.3 Å². The molecule has 1 fully saturated rings. The molecule has 1 aliphatic rings. The number of hydrogen-bond acceptors (Lipinski definition) is 4. The van der Waals surface area contributed by atoms with Crippen LogP contribution < -0.4 is 9.62 Å². The Bertz CT molecular complexity index is 959. The molecule has 0 spiro atoms. The number of aryl methyl sites for hydroxylation is 1. The van der Waals surface area contributed by atoms with Gasteiger partial charge in [-0.25, -0.2) is 17.5 Å². The Morgan fingerprint density at radius 2 is 2.00 bits per heavy atom. The Kier molecular flexibility index (Phi) is 5.62. The number of halogens is 1. The molecule has 0 amide bonds. The van der Waals surface area contributed by atoms with Crippen molar-refractivity contribution in [1.82, 2.24) is 4.72 Å². The molecule has 1 aliphatic heterocycles. The molecule has 5 nitrogen and oxygen atoms in total. The molecule has 0 aliphatic carbocycles. The maximum Gasteiger partial charge on any atom is 0.240 e. The molecule has 27 heavy (non-hydrogen) atoms. The van der Waals surface area contributed by atoms with Crippen molar-refractivity contribution in [3.8, 4) is 0 Å². The van der Waals surface area contributed by atoms with Crippen molar-refractivity contribution in [2.24, 2.45) is 0 Å². The van der Waals surface area contributed by atoms with E-state index in [1.165, 1.54) is 25.1 Å². The fourth-order valence-electron chi connectivity index (χ4n) is 3.33. The van der Waals surface area contributed by atoms with Crippen LogP contribution in [0.3, 0.4) is 0 Å². The van der Waals surface area contributed by atoms with Gasteiger partial charge in [-0.15, -0.1) is 0 Å². The fourth-order valence-corrected chi connectivity index (χ4v) is 4.63. The molecule has 1 N–H and O–H groups in total. The first kappa shape index (κ1) is 19.5. The second-order valence-corrected chi connectivity index (χ2v) is 8.66. The van der Waals surface area contributed by atoms with Crippen molar-refractivity contribution in [2.75, 3.05) is 18.0 Å². The van der Waals surface area contributed by atoms with Gasteiger partial charge in [0.25, 0.3) is 0 Å². The molecule has 1 heterocycles. The number of hydrogen-bond donors (Lipinski definition) is 1. The number of Topliss-reactive ketones (excluding diaryl/α,β-unsaturated/α-hetero) is 1. The minimum atomic E-state index is -3.76. The first-order chi connectivity index (χ1) is 12.8. The highest BCUT2D eigenvalue weighted by Crippen LogP contribution is 2.25. The zero-order valence-electron chi connectivity index (χ0n) is 15.4. The molecule has 0 aromatic heterocycles. The van der Waals surface area contributed by atoms with Gasteiger partial charge in [0.1, 0.15) is 5.82 Å². The summed E-state index contributed by atoms with van der Waals surface area (Å²) in [6.45, 7) is 4.37. The lowest BCUT2D eigenvalue weighted by molar-refractivity contribution is 0.101. The largest absolute Gasteiger partial charge is 0.368 e. The van der Waals surface area contributed by atoms with Gasteiger partial charge in [-0.05, 0) is 56.5 Å². The van der Waals surface area contributed by atoms with Crippen LogP contribution in [-0.4, -0.2) is 33.3 Å². The maximum absolute atomic E-state index is 14.2. The summed E-state index contributed by atoms with van der Waals surface area (Å²) in [7, 11) is -3.76. The van der Waals surface area contributed by atoms with Crippen molar-refractivity contribution in [1.29, 1.82) is 0 Å². The summed E-state index contributed by atoms with van der Waals surface area (Å²) in [5, 5.41) is 0. The molecule has 1 saturated heterocycles. The second-order valence-electron chi connectivity index (χ2n) is 6.95. The van der Waals surface area contributed by atoms with E-state index in [2.05, 4.69) is 4.72 Å². The third-order valence-corrected chi connectivity index (χ3v) is 6.25. The van der Waals surface area contributed by atoms with Crippen LogP contribution in [0, 0.1) is 12.7 Å². The molecular formula is C20H23FN2O3S. The topological polar surface area (TPSA) is 66.5 Å². The monoisotopic (exact) mass is 390 g/mol. The predicted molar refractivity (Wildman–Crippen MR) is 103 cm³/mol. The number of benzene rings is 2. The van der Waals surface area contributed by atoms with E-state index in [0.29, 0.717) is 30.8 Å². The average Bonchev–Trinajstić information content (AvgIpc) is 2.63. The van der Waals surface area contributed by atoms with Gasteiger partial charge in [0.2, 0.25) is 10.0 Å². The van der Waals surface area contributed by atoms with Gasteiger partial charge in [0, 0.05) is 24.7 Å². The highest BCUT2D eigenvalue weighted by Gasteiger charge is 2.27. The van der Waals surface area contributed by atoms with Crippen LogP contribution in [0.4, 0.5) is 10.1 Å². The van der Waals surface area contributed by atoms with Crippen molar-refractivity contribution >= 4 is 21.5 Å². The van der Waals surface area contributed by atoms with E-state index in [0.717, 1.165) is 12.0 Å². The van der Waals surface area contributed by atoms with Gasteiger partial charge in [-0.3, -0.25) is 4.79 Å². The van der Waals surface area contributed by atoms with Crippen LogP contribution in [0.5, 0.6) is 0 Å². The smallest absolute Gasteiger partial charge is 0.240 e. The van der Waals surface area contributed by atoms with E-state index < -0.39 is 10.0 Å². The molecule has 2 aromatic rings. The molecule has 2 aromatic carbocycles. The van der Waals surface area contributed by atoms with Gasteiger partial charge in [0.15, 0.2) is 5.78 Å². The number of anilines is 1. The SMILES string of the molecule is CC(=O)c1cccc(S(=O)(=O)NC2CCCN(c3cc(C)ccc3F)C2)c1. The summed E-state index contributed by atoms with van der Waals surface area (Å²) in [6.07, 6.45) is 1.43. The van der Waals surface area contributed by atoms with E-state index in [4.69, 9.17) is 0 Å². The van der Waals surface area contributed by atoms with E-state index >= 15 is 0 Å². The standard InChI is InChI=1S/C20H23FN2O3S/c1-14-8-9-19(21)20(11-14)23-10-4-6-17(13-23)22-27(25,26)18-7-3-5-16(12-18)15(2)24/h3,5,7-9,11-12,17,22H,4,6,10,13H2,1-2H3. The Morgan fingerprint density at radius 1 is 1.22 bits per heavy atom. The van der Waals surface area contributed by atoms with Gasteiger partial charge < -0.3 is 4.90 Å². The van der Waals surface area contributed by atoms with Gasteiger partial charge >= 0.3 is 0 Å². The Morgan fingerprint density at radius 3 is 2.74 bits per heavy atom. The number of nitrogens with one attached hydrogen (secondary N) is 1. The van der Waals surface area contributed by atoms with E-state index in [-0.39, 0.29) is 22.5 Å². The first-order valence-electron chi connectivity index (χ1n) is 8.91. The lowest BCUT2D eigenvalue weighted by atomic mass is 10.1. The van der Waals surface area contributed by atoms with Crippen molar-refractivity contribution in [3.05, 3.63) is 59.4 Å². The molecule has 1 unspecified atom stereocenters. The quantitative estimate of drug-likeness (QED) is 0.796. The van der Waals surface area contributed by atoms with E-state index in [1.807, 2.05) is 11.8 Å². The number of sulfonamides is 1. The maximum atomic E-state index is 14.2. The zero-order valence-corrected chi connectivity index (χ0v) is 16.2. The second kappa shape index (κ2) is 7.78. The normalized spacial score (nSPS) is 17.7. The molecule has 1 atom stereocenters. The lowest BCUT2D eigenvalue weighted by Gasteiger charge is -2.35. The van der Waals surface area contributed by atoms with E-state index in [9.17, 15) is 17.6 Å². The highest BCUT2D eigenvalue weighted by molar-refractivity contribution is 7.89. The molecular weight excluding hydrogens is 367 g/mol. The Balaban J connectivity index is 1.78. The zero-order chi connectivity index (χ0) is 19.6. The minimum Gasteiger partial charge on any atom is -0.368 e. The third-order valence-electron chi connectivity index (χ3n) is 4.74. The van der Waals surface area contributed by atoms with Gasteiger partial charge in [-0.2, -0.15) is 0 Å². The minimum absolute atomic E-state index is 0.0639. The van der Waals surface area contributed by atoms with Crippen molar-refractivity contribution in [2.45, 2.75) is 37.6 Å². The molecule has 3 rings (SSSR count). The molecule has 0 bridgehead atoms. The number of piperidine rings is 1. The van der Waals surface area contributed by atoms with Crippen LogP contribution in [0.1, 0.15) is 35.7 Å². The molecule has 0 radical (unpaired) electrons. The number of rotatable bonds is 5. The summed E-state index contributed by atoms with van der Waals surface area (Å²) >= 11 is 0.